The summed E-state index contributed by atoms with van der Waals surface area (Å²) in [5, 5.41) is 0. The molecule has 2 N–H and O–H groups in total. The van der Waals surface area contributed by atoms with Crippen LogP contribution >= 0.6 is 0 Å². The molecule has 0 bridgehead atoms. The van der Waals surface area contributed by atoms with Crippen LogP contribution in [0, 0.1) is 0 Å². The van der Waals surface area contributed by atoms with E-state index in [2.05, 4.69) is 11.6 Å². The number of aliphatic imine (C=N–C) groups is 1. The van der Waals surface area contributed by atoms with E-state index in [0.29, 0.717) is 6.04 Å². The molecule has 68 valence electrons. The van der Waals surface area contributed by atoms with Gasteiger partial charge in [-0.25, -0.2) is 0 Å². The Morgan fingerprint density at radius 3 is 2.67 bits per heavy atom. The number of hydrogen-bond acceptors (Lipinski definition) is 1. The Balaban J connectivity index is 2.35. The lowest BCUT2D eigenvalue weighted by molar-refractivity contribution is 0.443. The molecule has 0 unspecified atom stereocenters. The van der Waals surface area contributed by atoms with Crippen molar-refractivity contribution in [2.45, 2.75) is 44.6 Å². The van der Waals surface area contributed by atoms with E-state index in [4.69, 9.17) is 5.73 Å². The fourth-order valence-electron chi connectivity index (χ4n) is 1.65. The minimum absolute atomic E-state index is 0.499. The maximum absolute atomic E-state index is 5.69. The van der Waals surface area contributed by atoms with E-state index in [0.717, 1.165) is 12.3 Å². The van der Waals surface area contributed by atoms with E-state index in [1.807, 2.05) is 6.08 Å². The van der Waals surface area contributed by atoms with Gasteiger partial charge in [0.2, 0.25) is 0 Å². The maximum Gasteiger partial charge on any atom is 0.0978 e. The molecule has 2 heteroatoms. The van der Waals surface area contributed by atoms with Gasteiger partial charge in [0.25, 0.3) is 0 Å². The van der Waals surface area contributed by atoms with Crippen molar-refractivity contribution in [2.75, 3.05) is 0 Å². The van der Waals surface area contributed by atoms with Gasteiger partial charge < -0.3 is 5.73 Å². The second-order valence-electron chi connectivity index (χ2n) is 3.41. The van der Waals surface area contributed by atoms with E-state index >= 15 is 0 Å². The molecule has 2 nitrogen and oxygen atoms in total. The quantitative estimate of drug-likeness (QED) is 0.390. The van der Waals surface area contributed by atoms with Gasteiger partial charge in [0, 0.05) is 6.42 Å². The lowest BCUT2D eigenvalue weighted by atomic mass is 9.96. The summed E-state index contributed by atoms with van der Waals surface area (Å²) in [7, 11) is 0. The zero-order chi connectivity index (χ0) is 8.81. The molecule has 12 heavy (non-hydrogen) atoms. The van der Waals surface area contributed by atoms with Crippen LogP contribution in [0.5, 0.6) is 0 Å². The Kier molecular flexibility index (Phi) is 3.85. The van der Waals surface area contributed by atoms with Crippen molar-refractivity contribution < 1.29 is 0 Å². The molecule has 1 fully saturated rings. The van der Waals surface area contributed by atoms with Gasteiger partial charge in [0.05, 0.1) is 11.9 Å². The zero-order valence-corrected chi connectivity index (χ0v) is 7.63. The molecule has 0 aromatic carbocycles. The summed E-state index contributed by atoms with van der Waals surface area (Å²) >= 11 is 0. The highest BCUT2D eigenvalue weighted by molar-refractivity contribution is 5.81. The van der Waals surface area contributed by atoms with Gasteiger partial charge in [0.1, 0.15) is 0 Å². The smallest absolute Gasteiger partial charge is 0.0978 e. The average Bonchev–Trinajstić information content (AvgIpc) is 2.06. The van der Waals surface area contributed by atoms with Crippen LogP contribution in [0.1, 0.15) is 38.5 Å². The van der Waals surface area contributed by atoms with E-state index in [-0.39, 0.29) is 0 Å². The van der Waals surface area contributed by atoms with Crippen LogP contribution < -0.4 is 5.73 Å². The SMILES string of the molecule is C=CCC(N)=NC1CCCCC1. The first-order chi connectivity index (χ1) is 5.83. The molecule has 0 heterocycles. The van der Waals surface area contributed by atoms with Crippen molar-refractivity contribution in [1.82, 2.24) is 0 Å². The largest absolute Gasteiger partial charge is 0.387 e. The lowest BCUT2D eigenvalue weighted by Gasteiger charge is -2.17. The third kappa shape index (κ3) is 3.07. The fraction of sp³-hybridized carbons (Fsp3) is 0.700. The van der Waals surface area contributed by atoms with Gasteiger partial charge in [-0.1, -0.05) is 25.3 Å². The molecule has 1 rings (SSSR count). The van der Waals surface area contributed by atoms with Crippen LogP contribution in [0.2, 0.25) is 0 Å². The van der Waals surface area contributed by atoms with E-state index in [9.17, 15) is 0 Å². The van der Waals surface area contributed by atoms with E-state index in [1.165, 1.54) is 32.1 Å². The molecule has 0 aliphatic heterocycles. The number of rotatable bonds is 3. The second-order valence-corrected chi connectivity index (χ2v) is 3.41. The topological polar surface area (TPSA) is 38.4 Å². The van der Waals surface area contributed by atoms with Gasteiger partial charge in [-0.05, 0) is 12.8 Å². The van der Waals surface area contributed by atoms with Gasteiger partial charge in [-0.3, -0.25) is 4.99 Å². The second kappa shape index (κ2) is 4.96. The Hall–Kier alpha value is -0.790. The number of nitrogens with two attached hydrogens (primary N) is 1. The summed E-state index contributed by atoms with van der Waals surface area (Å²) in [6.45, 7) is 3.63. The molecule has 1 aliphatic rings. The van der Waals surface area contributed by atoms with E-state index in [1.54, 1.807) is 0 Å². The van der Waals surface area contributed by atoms with Crippen LogP contribution in [-0.2, 0) is 0 Å². The van der Waals surface area contributed by atoms with Crippen LogP contribution in [0.15, 0.2) is 17.6 Å². The van der Waals surface area contributed by atoms with Crippen LogP contribution in [0.3, 0.4) is 0 Å². The maximum atomic E-state index is 5.69. The molecule has 0 atom stereocenters. The van der Waals surface area contributed by atoms with Crippen molar-refractivity contribution in [3.8, 4) is 0 Å². The Bertz CT molecular complexity index is 167. The summed E-state index contributed by atoms with van der Waals surface area (Å²) in [5.74, 6) is 0.747. The minimum atomic E-state index is 0.499. The molecule has 0 amide bonds. The van der Waals surface area contributed by atoms with Gasteiger partial charge >= 0.3 is 0 Å². The molecule has 1 saturated carbocycles. The van der Waals surface area contributed by atoms with Crippen molar-refractivity contribution in [3.05, 3.63) is 12.7 Å². The first-order valence-corrected chi connectivity index (χ1v) is 4.76. The summed E-state index contributed by atoms with van der Waals surface area (Å²) in [5.41, 5.74) is 5.69. The molecular weight excluding hydrogens is 148 g/mol. The first kappa shape index (κ1) is 9.30. The molecule has 0 aromatic rings. The molecule has 0 aromatic heterocycles. The zero-order valence-electron chi connectivity index (χ0n) is 7.63. The van der Waals surface area contributed by atoms with Crippen molar-refractivity contribution in [3.63, 3.8) is 0 Å². The van der Waals surface area contributed by atoms with Gasteiger partial charge in [-0.2, -0.15) is 0 Å². The molecule has 0 radical (unpaired) electrons. The predicted octanol–water partition coefficient (Wildman–Crippen LogP) is 2.25. The van der Waals surface area contributed by atoms with Crippen LogP contribution in [-0.4, -0.2) is 11.9 Å². The molecule has 0 saturated heterocycles. The number of hydrogen-bond donors (Lipinski definition) is 1. The molecular formula is C10H18N2. The Morgan fingerprint density at radius 2 is 2.08 bits per heavy atom. The minimum Gasteiger partial charge on any atom is -0.387 e. The highest BCUT2D eigenvalue weighted by atomic mass is 14.9. The number of nitrogens with zero attached hydrogens (tertiary/aromatic N) is 1. The third-order valence-electron chi connectivity index (χ3n) is 2.28. The first-order valence-electron chi connectivity index (χ1n) is 4.76. The summed E-state index contributed by atoms with van der Waals surface area (Å²) in [6, 6.07) is 0.499. The summed E-state index contributed by atoms with van der Waals surface area (Å²) in [6.07, 6.45) is 8.98. The highest BCUT2D eigenvalue weighted by Gasteiger charge is 2.11. The van der Waals surface area contributed by atoms with Crippen molar-refractivity contribution >= 4 is 5.84 Å². The van der Waals surface area contributed by atoms with Gasteiger partial charge in [-0.15, -0.1) is 6.58 Å². The number of amidine groups is 1. The Morgan fingerprint density at radius 1 is 1.42 bits per heavy atom. The van der Waals surface area contributed by atoms with E-state index < -0.39 is 0 Å². The summed E-state index contributed by atoms with van der Waals surface area (Å²) < 4.78 is 0. The fourth-order valence-corrected chi connectivity index (χ4v) is 1.65. The van der Waals surface area contributed by atoms with Crippen molar-refractivity contribution in [2.24, 2.45) is 10.7 Å². The average molecular weight is 166 g/mol. The van der Waals surface area contributed by atoms with Crippen LogP contribution in [0.4, 0.5) is 0 Å². The van der Waals surface area contributed by atoms with Crippen molar-refractivity contribution in [1.29, 1.82) is 0 Å². The van der Waals surface area contributed by atoms with Gasteiger partial charge in [0.15, 0.2) is 0 Å². The molecule has 0 spiro atoms. The predicted molar refractivity (Wildman–Crippen MR) is 53.3 cm³/mol. The summed E-state index contributed by atoms with van der Waals surface area (Å²) in [4.78, 5) is 4.45. The standard InChI is InChI=1S/C10H18N2/c1-2-6-10(11)12-9-7-4-3-5-8-9/h2,9H,1,3-8H2,(H2,11,12). The lowest BCUT2D eigenvalue weighted by Crippen LogP contribution is -2.17. The highest BCUT2D eigenvalue weighted by Crippen LogP contribution is 2.20. The monoisotopic (exact) mass is 166 g/mol. The normalized spacial score (nSPS) is 20.8. The Labute approximate surface area is 74.6 Å². The molecule has 1 aliphatic carbocycles. The van der Waals surface area contributed by atoms with Crippen LogP contribution in [0.25, 0.3) is 0 Å². The third-order valence-corrected chi connectivity index (χ3v) is 2.28.